The van der Waals surface area contributed by atoms with Gasteiger partial charge in [-0.3, -0.25) is 0 Å². The van der Waals surface area contributed by atoms with E-state index in [1.54, 1.807) is 11.3 Å². The first-order chi connectivity index (χ1) is 10.7. The predicted molar refractivity (Wildman–Crippen MR) is 84.0 cm³/mol. The molecule has 0 aromatic carbocycles. The molecule has 1 atom stereocenters. The van der Waals surface area contributed by atoms with Crippen LogP contribution in [0.5, 0.6) is 0 Å². The third-order valence-electron chi connectivity index (χ3n) is 3.83. The molecular weight excluding hydrogens is 300 g/mol. The van der Waals surface area contributed by atoms with E-state index in [4.69, 9.17) is 4.52 Å². The van der Waals surface area contributed by atoms with Gasteiger partial charge in [-0.1, -0.05) is 11.2 Å². The van der Waals surface area contributed by atoms with Crippen LogP contribution in [0.1, 0.15) is 35.4 Å². The maximum atomic E-state index is 12.3. The molecule has 0 radical (unpaired) electrons. The minimum atomic E-state index is -0.00232. The molecule has 0 bridgehead atoms. The quantitative estimate of drug-likeness (QED) is 0.940. The number of nitrogens with one attached hydrogen (secondary N) is 1. The van der Waals surface area contributed by atoms with Crippen LogP contribution >= 0.6 is 11.3 Å². The van der Waals surface area contributed by atoms with Crippen molar-refractivity contribution in [2.45, 2.75) is 32.1 Å². The largest absolute Gasteiger partial charge is 0.339 e. The second-order valence-electron chi connectivity index (χ2n) is 5.53. The topological polar surface area (TPSA) is 71.3 Å². The van der Waals surface area contributed by atoms with Crippen LogP contribution in [0.15, 0.2) is 22.0 Å². The summed E-state index contributed by atoms with van der Waals surface area (Å²) in [6.07, 6.45) is 2.83. The maximum absolute atomic E-state index is 12.3. The van der Waals surface area contributed by atoms with Crippen molar-refractivity contribution in [1.29, 1.82) is 0 Å². The molecule has 1 aliphatic rings. The summed E-state index contributed by atoms with van der Waals surface area (Å²) in [4.78, 5) is 19.7. The Hall–Kier alpha value is -1.89. The summed E-state index contributed by atoms with van der Waals surface area (Å²) in [7, 11) is 0. The number of hydrogen-bond donors (Lipinski definition) is 1. The fourth-order valence-electron chi connectivity index (χ4n) is 2.70. The predicted octanol–water partition coefficient (Wildman–Crippen LogP) is 2.57. The summed E-state index contributed by atoms with van der Waals surface area (Å²) < 4.78 is 5.24. The Balaban J connectivity index is 1.49. The van der Waals surface area contributed by atoms with Crippen LogP contribution in [-0.4, -0.2) is 40.7 Å². The van der Waals surface area contributed by atoms with Crippen LogP contribution in [-0.2, 0) is 6.42 Å². The number of amides is 2. The highest BCUT2D eigenvalue weighted by Crippen LogP contribution is 2.25. The molecule has 1 fully saturated rings. The van der Waals surface area contributed by atoms with Crippen molar-refractivity contribution in [1.82, 2.24) is 20.4 Å². The summed E-state index contributed by atoms with van der Waals surface area (Å²) in [6.45, 7) is 3.91. The van der Waals surface area contributed by atoms with E-state index in [9.17, 15) is 4.79 Å². The highest BCUT2D eigenvalue weighted by molar-refractivity contribution is 7.09. The average Bonchev–Trinajstić information content (AvgIpc) is 3.19. The SMILES string of the molecule is Cc1noc([C@@H]2CCCN(C(=O)NCCc3cccs3)C2)n1. The van der Waals surface area contributed by atoms with Crippen molar-refractivity contribution >= 4 is 17.4 Å². The second-order valence-corrected chi connectivity index (χ2v) is 6.56. The van der Waals surface area contributed by atoms with Crippen LogP contribution < -0.4 is 5.32 Å². The lowest BCUT2D eigenvalue weighted by Gasteiger charge is -2.31. The van der Waals surface area contributed by atoms with E-state index in [2.05, 4.69) is 26.9 Å². The van der Waals surface area contributed by atoms with Gasteiger partial charge >= 0.3 is 6.03 Å². The van der Waals surface area contributed by atoms with Gasteiger partial charge in [-0.15, -0.1) is 11.3 Å². The molecule has 2 amide bonds. The minimum absolute atomic E-state index is 0.00232. The number of piperidine rings is 1. The minimum Gasteiger partial charge on any atom is -0.339 e. The van der Waals surface area contributed by atoms with E-state index in [0.717, 1.165) is 25.8 Å². The van der Waals surface area contributed by atoms with Gasteiger partial charge in [0, 0.05) is 24.5 Å². The molecule has 6 nitrogen and oxygen atoms in total. The molecule has 1 aliphatic heterocycles. The summed E-state index contributed by atoms with van der Waals surface area (Å²) in [6, 6.07) is 4.12. The van der Waals surface area contributed by atoms with Gasteiger partial charge in [0.15, 0.2) is 5.82 Å². The number of carbonyl (C=O) groups excluding carboxylic acids is 1. The van der Waals surface area contributed by atoms with Crippen LogP contribution in [0.2, 0.25) is 0 Å². The number of aromatic nitrogens is 2. The average molecular weight is 320 g/mol. The Morgan fingerprint density at radius 1 is 1.59 bits per heavy atom. The summed E-state index contributed by atoms with van der Waals surface area (Å²) in [5.74, 6) is 1.44. The Kier molecular flexibility index (Phi) is 4.72. The van der Waals surface area contributed by atoms with Crippen molar-refractivity contribution in [2.24, 2.45) is 0 Å². The van der Waals surface area contributed by atoms with E-state index in [1.165, 1.54) is 4.88 Å². The van der Waals surface area contributed by atoms with Crippen LogP contribution in [0, 0.1) is 6.92 Å². The third-order valence-corrected chi connectivity index (χ3v) is 4.77. The van der Waals surface area contributed by atoms with Gasteiger partial charge in [-0.05, 0) is 37.6 Å². The normalized spacial score (nSPS) is 18.4. The molecule has 22 heavy (non-hydrogen) atoms. The van der Waals surface area contributed by atoms with Gasteiger partial charge in [-0.25, -0.2) is 4.79 Å². The van der Waals surface area contributed by atoms with E-state index in [0.29, 0.717) is 24.8 Å². The zero-order valence-electron chi connectivity index (χ0n) is 12.6. The summed E-state index contributed by atoms with van der Waals surface area (Å²) in [5.41, 5.74) is 0. The molecule has 7 heteroatoms. The number of thiophene rings is 1. The first-order valence-corrected chi connectivity index (χ1v) is 8.45. The van der Waals surface area contributed by atoms with Gasteiger partial charge in [-0.2, -0.15) is 4.98 Å². The lowest BCUT2D eigenvalue weighted by Crippen LogP contribution is -2.45. The molecule has 3 heterocycles. The van der Waals surface area contributed by atoms with Gasteiger partial charge in [0.1, 0.15) is 0 Å². The molecule has 1 N–H and O–H groups in total. The van der Waals surface area contributed by atoms with Crippen molar-refractivity contribution in [3.63, 3.8) is 0 Å². The molecule has 118 valence electrons. The van der Waals surface area contributed by atoms with Gasteiger partial charge in [0.2, 0.25) is 5.89 Å². The van der Waals surface area contributed by atoms with Gasteiger partial charge in [0.25, 0.3) is 0 Å². The zero-order chi connectivity index (χ0) is 15.4. The van der Waals surface area contributed by atoms with Crippen molar-refractivity contribution in [3.05, 3.63) is 34.1 Å². The van der Waals surface area contributed by atoms with Gasteiger partial charge in [0.05, 0.1) is 5.92 Å². The monoisotopic (exact) mass is 320 g/mol. The Labute approximate surface area is 133 Å². The number of hydrogen-bond acceptors (Lipinski definition) is 5. The Bertz CT molecular complexity index is 611. The molecule has 0 aliphatic carbocycles. The first-order valence-electron chi connectivity index (χ1n) is 7.58. The van der Waals surface area contributed by atoms with E-state index >= 15 is 0 Å². The standard InChI is InChI=1S/C15H20N4O2S/c1-11-17-14(21-18-11)12-4-2-8-19(10-12)15(20)16-7-6-13-5-3-9-22-13/h3,5,9,12H,2,4,6-8,10H2,1H3,(H,16,20)/t12-/m1/s1. The number of nitrogens with zero attached hydrogens (tertiary/aromatic N) is 3. The first kappa shape index (κ1) is 15.0. The highest BCUT2D eigenvalue weighted by atomic mass is 32.1. The van der Waals surface area contributed by atoms with E-state index in [1.807, 2.05) is 17.9 Å². The number of carbonyl (C=O) groups is 1. The van der Waals surface area contributed by atoms with Crippen molar-refractivity contribution in [3.8, 4) is 0 Å². The Morgan fingerprint density at radius 2 is 2.50 bits per heavy atom. The lowest BCUT2D eigenvalue weighted by molar-refractivity contribution is 0.172. The highest BCUT2D eigenvalue weighted by Gasteiger charge is 2.28. The fraction of sp³-hybridized carbons (Fsp3) is 0.533. The van der Waals surface area contributed by atoms with Crippen LogP contribution in [0.3, 0.4) is 0 Å². The lowest BCUT2D eigenvalue weighted by atomic mass is 9.98. The molecule has 1 saturated heterocycles. The fourth-order valence-corrected chi connectivity index (χ4v) is 3.41. The zero-order valence-corrected chi connectivity index (χ0v) is 13.4. The second kappa shape index (κ2) is 6.91. The van der Waals surface area contributed by atoms with Crippen molar-refractivity contribution < 1.29 is 9.32 Å². The molecule has 0 saturated carbocycles. The maximum Gasteiger partial charge on any atom is 0.317 e. The molecular formula is C15H20N4O2S. The van der Waals surface area contributed by atoms with Crippen LogP contribution in [0.4, 0.5) is 4.79 Å². The molecule has 0 spiro atoms. The third kappa shape index (κ3) is 3.65. The summed E-state index contributed by atoms with van der Waals surface area (Å²) in [5, 5.41) is 8.88. The Morgan fingerprint density at radius 3 is 3.23 bits per heavy atom. The van der Waals surface area contributed by atoms with Crippen molar-refractivity contribution in [2.75, 3.05) is 19.6 Å². The molecule has 2 aromatic rings. The van der Waals surface area contributed by atoms with Crippen LogP contribution in [0.25, 0.3) is 0 Å². The van der Waals surface area contributed by atoms with E-state index < -0.39 is 0 Å². The molecule has 3 rings (SSSR count). The summed E-state index contributed by atoms with van der Waals surface area (Å²) >= 11 is 1.72. The molecule has 0 unspecified atom stereocenters. The number of aryl methyl sites for hydroxylation is 1. The molecule has 2 aromatic heterocycles. The number of likely N-dealkylation sites (tertiary alicyclic amines) is 1. The van der Waals surface area contributed by atoms with E-state index in [-0.39, 0.29) is 11.9 Å². The smallest absolute Gasteiger partial charge is 0.317 e. The van der Waals surface area contributed by atoms with Gasteiger partial charge < -0.3 is 14.7 Å². The number of urea groups is 1. The number of rotatable bonds is 4.